The molecule has 1 atom stereocenters. The molecule has 3 rings (SSSR count). The number of rotatable bonds is 2. The van der Waals surface area contributed by atoms with Crippen LogP contribution in [0.4, 0.5) is 5.69 Å². The van der Waals surface area contributed by atoms with Gasteiger partial charge in [0.1, 0.15) is 0 Å². The Bertz CT molecular complexity index is 553. The molecule has 0 aromatic heterocycles. The lowest BCUT2D eigenvalue weighted by atomic mass is 9.92. The number of carbonyl (C=O) groups is 1. The molecule has 108 valence electrons. The summed E-state index contributed by atoms with van der Waals surface area (Å²) in [5.74, 6) is 0.203. The summed E-state index contributed by atoms with van der Waals surface area (Å²) in [5, 5.41) is 7.44. The van der Waals surface area contributed by atoms with Gasteiger partial charge in [-0.1, -0.05) is 23.2 Å². The Morgan fingerprint density at radius 1 is 1.30 bits per heavy atom. The number of nitrogens with one attached hydrogen (secondary N) is 2. The first-order chi connectivity index (χ1) is 9.52. The summed E-state index contributed by atoms with van der Waals surface area (Å²) in [4.78, 5) is 12.4. The number of hydrogen-bond donors (Lipinski definition) is 2. The number of piperidine rings is 1. The Kier molecular flexibility index (Phi) is 3.69. The molecule has 0 bridgehead atoms. The Hall–Kier alpha value is -0.770. The number of carbonyl (C=O) groups excluding carboxylic acids is 1. The first kappa shape index (κ1) is 14.2. The van der Waals surface area contributed by atoms with E-state index in [4.69, 9.17) is 23.2 Å². The van der Waals surface area contributed by atoms with Crippen molar-refractivity contribution in [1.82, 2.24) is 5.32 Å². The van der Waals surface area contributed by atoms with E-state index in [1.165, 1.54) is 0 Å². The van der Waals surface area contributed by atoms with E-state index in [-0.39, 0.29) is 17.2 Å². The molecule has 1 aliphatic heterocycles. The molecule has 3 nitrogen and oxygen atoms in total. The molecule has 0 radical (unpaired) electrons. The fourth-order valence-electron chi connectivity index (χ4n) is 3.16. The molecule has 1 spiro atoms. The summed E-state index contributed by atoms with van der Waals surface area (Å²) in [6.45, 7) is 3.92. The molecule has 1 heterocycles. The van der Waals surface area contributed by atoms with E-state index in [9.17, 15) is 4.79 Å². The van der Waals surface area contributed by atoms with Crippen molar-refractivity contribution in [2.24, 2.45) is 11.3 Å². The van der Waals surface area contributed by atoms with Crippen LogP contribution in [0.15, 0.2) is 12.1 Å². The number of halogens is 2. The largest absolute Gasteiger partial charge is 0.324 e. The maximum atomic E-state index is 12.4. The van der Waals surface area contributed by atoms with Crippen LogP contribution in [0.5, 0.6) is 0 Å². The average molecular weight is 313 g/mol. The monoisotopic (exact) mass is 312 g/mol. The van der Waals surface area contributed by atoms with Gasteiger partial charge in [0.15, 0.2) is 0 Å². The van der Waals surface area contributed by atoms with Crippen LogP contribution >= 0.6 is 23.2 Å². The highest BCUT2D eigenvalue weighted by molar-refractivity contribution is 6.36. The van der Waals surface area contributed by atoms with Crippen molar-refractivity contribution >= 4 is 34.8 Å². The number of benzene rings is 1. The maximum absolute atomic E-state index is 12.4. The molecule has 1 saturated carbocycles. The molecule has 1 aromatic carbocycles. The second-order valence-electron chi connectivity index (χ2n) is 5.94. The molecule has 2 fully saturated rings. The van der Waals surface area contributed by atoms with Crippen molar-refractivity contribution in [2.45, 2.75) is 26.2 Å². The van der Waals surface area contributed by atoms with E-state index in [1.807, 2.05) is 6.92 Å². The molecular formula is C15H18Cl2N2O. The number of hydrogen-bond acceptors (Lipinski definition) is 2. The van der Waals surface area contributed by atoms with Gasteiger partial charge in [-0.05, 0) is 62.4 Å². The van der Waals surface area contributed by atoms with Crippen LogP contribution in [-0.4, -0.2) is 19.0 Å². The third-order valence-corrected chi connectivity index (χ3v) is 5.33. The summed E-state index contributed by atoms with van der Waals surface area (Å²) < 4.78 is 0. The predicted octanol–water partition coefficient (Wildman–Crippen LogP) is 3.63. The van der Waals surface area contributed by atoms with E-state index in [1.54, 1.807) is 12.1 Å². The van der Waals surface area contributed by atoms with Crippen molar-refractivity contribution in [2.75, 3.05) is 18.4 Å². The van der Waals surface area contributed by atoms with Crippen LogP contribution < -0.4 is 10.6 Å². The summed E-state index contributed by atoms with van der Waals surface area (Å²) in [5.41, 5.74) is 1.76. The van der Waals surface area contributed by atoms with E-state index in [0.29, 0.717) is 15.7 Å². The van der Waals surface area contributed by atoms with E-state index >= 15 is 0 Å². The van der Waals surface area contributed by atoms with E-state index in [0.717, 1.165) is 37.9 Å². The SMILES string of the molecule is Cc1cc(Cl)c(NC(=O)C2CC23CCNCC3)cc1Cl. The van der Waals surface area contributed by atoms with Crippen LogP contribution in [0.2, 0.25) is 10.0 Å². The predicted molar refractivity (Wildman–Crippen MR) is 82.5 cm³/mol. The standard InChI is InChI=1S/C15H18Cl2N2O/c1-9-6-12(17)13(7-11(9)16)19-14(20)10-8-15(10)2-4-18-5-3-15/h6-7,10,18H,2-5,8H2,1H3,(H,19,20). The third kappa shape index (κ3) is 2.54. The summed E-state index contributed by atoms with van der Waals surface area (Å²) >= 11 is 12.3. The van der Waals surface area contributed by atoms with Gasteiger partial charge in [-0.25, -0.2) is 0 Å². The van der Waals surface area contributed by atoms with Crippen molar-refractivity contribution < 1.29 is 4.79 Å². The average Bonchev–Trinajstić information content (AvgIpc) is 3.10. The Balaban J connectivity index is 1.70. The minimum atomic E-state index is 0.0775. The fourth-order valence-corrected chi connectivity index (χ4v) is 3.59. The lowest BCUT2D eigenvalue weighted by Crippen LogP contribution is -2.31. The normalized spacial score (nSPS) is 23.6. The highest BCUT2D eigenvalue weighted by atomic mass is 35.5. The quantitative estimate of drug-likeness (QED) is 0.875. The number of amides is 1. The molecule has 5 heteroatoms. The van der Waals surface area contributed by atoms with Gasteiger partial charge in [0, 0.05) is 10.9 Å². The van der Waals surface area contributed by atoms with Gasteiger partial charge in [-0.2, -0.15) is 0 Å². The van der Waals surface area contributed by atoms with Gasteiger partial charge in [-0.15, -0.1) is 0 Å². The van der Waals surface area contributed by atoms with Gasteiger partial charge in [0.05, 0.1) is 10.7 Å². The lowest BCUT2D eigenvalue weighted by molar-refractivity contribution is -0.118. The molecule has 20 heavy (non-hydrogen) atoms. The molecule has 1 aliphatic carbocycles. The zero-order valence-corrected chi connectivity index (χ0v) is 12.9. The first-order valence-electron chi connectivity index (χ1n) is 6.99. The molecule has 1 amide bonds. The number of aryl methyl sites for hydroxylation is 1. The molecule has 2 aliphatic rings. The molecule has 2 N–H and O–H groups in total. The Labute approximate surface area is 129 Å². The van der Waals surface area contributed by atoms with Crippen LogP contribution in [0.3, 0.4) is 0 Å². The summed E-state index contributed by atoms with van der Waals surface area (Å²) in [7, 11) is 0. The van der Waals surface area contributed by atoms with Gasteiger partial charge in [0.2, 0.25) is 5.91 Å². The minimum absolute atomic E-state index is 0.0775. The van der Waals surface area contributed by atoms with Crippen molar-refractivity contribution in [1.29, 1.82) is 0 Å². The summed E-state index contributed by atoms with van der Waals surface area (Å²) in [6, 6.07) is 3.52. The van der Waals surface area contributed by atoms with Gasteiger partial charge >= 0.3 is 0 Å². The Morgan fingerprint density at radius 3 is 2.70 bits per heavy atom. The smallest absolute Gasteiger partial charge is 0.228 e. The second kappa shape index (κ2) is 5.21. The van der Waals surface area contributed by atoms with Crippen LogP contribution in [0.25, 0.3) is 0 Å². The third-order valence-electron chi connectivity index (χ3n) is 4.61. The van der Waals surface area contributed by atoms with Crippen LogP contribution in [0, 0.1) is 18.3 Å². The van der Waals surface area contributed by atoms with Gasteiger partial charge in [0.25, 0.3) is 0 Å². The lowest BCUT2D eigenvalue weighted by Gasteiger charge is -2.23. The van der Waals surface area contributed by atoms with Gasteiger partial charge in [-0.3, -0.25) is 4.79 Å². The van der Waals surface area contributed by atoms with Crippen molar-refractivity contribution in [3.8, 4) is 0 Å². The maximum Gasteiger partial charge on any atom is 0.228 e. The zero-order chi connectivity index (χ0) is 14.3. The Morgan fingerprint density at radius 2 is 2.00 bits per heavy atom. The molecule has 1 aromatic rings. The van der Waals surface area contributed by atoms with Crippen molar-refractivity contribution in [3.63, 3.8) is 0 Å². The zero-order valence-electron chi connectivity index (χ0n) is 11.4. The highest BCUT2D eigenvalue weighted by Crippen LogP contribution is 2.58. The van der Waals surface area contributed by atoms with Crippen molar-refractivity contribution in [3.05, 3.63) is 27.7 Å². The molecule has 1 unspecified atom stereocenters. The molecular weight excluding hydrogens is 295 g/mol. The highest BCUT2D eigenvalue weighted by Gasteiger charge is 2.57. The first-order valence-corrected chi connectivity index (χ1v) is 7.75. The molecule has 1 saturated heterocycles. The van der Waals surface area contributed by atoms with Crippen LogP contribution in [-0.2, 0) is 4.79 Å². The summed E-state index contributed by atoms with van der Waals surface area (Å²) in [6.07, 6.45) is 3.18. The van der Waals surface area contributed by atoms with E-state index in [2.05, 4.69) is 10.6 Å². The minimum Gasteiger partial charge on any atom is -0.324 e. The topological polar surface area (TPSA) is 41.1 Å². The fraction of sp³-hybridized carbons (Fsp3) is 0.533. The number of anilines is 1. The van der Waals surface area contributed by atoms with Gasteiger partial charge < -0.3 is 10.6 Å². The van der Waals surface area contributed by atoms with Crippen LogP contribution in [0.1, 0.15) is 24.8 Å². The van der Waals surface area contributed by atoms with E-state index < -0.39 is 0 Å². The second-order valence-corrected chi connectivity index (χ2v) is 6.75.